The molecule has 0 unspecified atom stereocenters. The minimum atomic E-state index is -0.404. The van der Waals surface area contributed by atoms with Crippen LogP contribution in [0, 0.1) is 11.8 Å². The van der Waals surface area contributed by atoms with Crippen LogP contribution in [0.25, 0.3) is 0 Å². The van der Waals surface area contributed by atoms with Gasteiger partial charge in [-0.1, -0.05) is 54.3 Å². The SMILES string of the molecule is N[C@]1(CO)CC[C@@H](c2ccc(C#CCOCc3ccccc3)cc2)C1. The number of aliphatic hydroxyl groups excluding tert-OH is 1. The summed E-state index contributed by atoms with van der Waals surface area (Å²) in [6, 6.07) is 18.5. The first kappa shape index (κ1) is 17.7. The highest BCUT2D eigenvalue weighted by molar-refractivity contribution is 5.37. The summed E-state index contributed by atoms with van der Waals surface area (Å²) in [5, 5.41) is 9.39. The average Bonchev–Trinajstić information content (AvgIpc) is 3.06. The van der Waals surface area contributed by atoms with Gasteiger partial charge in [-0.3, -0.25) is 0 Å². The number of nitrogens with two attached hydrogens (primary N) is 1. The molecule has 130 valence electrons. The van der Waals surface area contributed by atoms with Gasteiger partial charge in [-0.2, -0.15) is 0 Å². The average molecular weight is 335 g/mol. The Hall–Kier alpha value is -2.12. The maximum absolute atomic E-state index is 9.39. The van der Waals surface area contributed by atoms with Crippen LogP contribution in [-0.2, 0) is 11.3 Å². The number of aliphatic hydroxyl groups is 1. The molecule has 2 aromatic rings. The maximum atomic E-state index is 9.39. The van der Waals surface area contributed by atoms with Crippen LogP contribution in [0.5, 0.6) is 0 Å². The lowest BCUT2D eigenvalue weighted by atomic mass is 9.93. The van der Waals surface area contributed by atoms with E-state index in [1.54, 1.807) is 0 Å². The first-order valence-corrected chi connectivity index (χ1v) is 8.79. The van der Waals surface area contributed by atoms with E-state index in [2.05, 4.69) is 36.1 Å². The summed E-state index contributed by atoms with van der Waals surface area (Å²) in [5.41, 5.74) is 9.19. The van der Waals surface area contributed by atoms with Crippen LogP contribution < -0.4 is 5.73 Å². The molecule has 3 nitrogen and oxygen atoms in total. The van der Waals surface area contributed by atoms with E-state index < -0.39 is 5.54 Å². The summed E-state index contributed by atoms with van der Waals surface area (Å²) >= 11 is 0. The fourth-order valence-electron chi connectivity index (χ4n) is 3.36. The zero-order chi connectivity index (χ0) is 17.5. The third-order valence-corrected chi connectivity index (χ3v) is 4.86. The Bertz CT molecular complexity index is 730. The molecule has 2 atom stereocenters. The van der Waals surface area contributed by atoms with Crippen molar-refractivity contribution in [2.75, 3.05) is 13.2 Å². The van der Waals surface area contributed by atoms with Crippen molar-refractivity contribution < 1.29 is 9.84 Å². The van der Waals surface area contributed by atoms with Gasteiger partial charge >= 0.3 is 0 Å². The van der Waals surface area contributed by atoms with Crippen LogP contribution in [0.4, 0.5) is 0 Å². The molecule has 1 aliphatic rings. The molecule has 0 amide bonds. The number of benzene rings is 2. The van der Waals surface area contributed by atoms with E-state index in [0.29, 0.717) is 19.1 Å². The molecule has 0 aromatic heterocycles. The van der Waals surface area contributed by atoms with Crippen molar-refractivity contribution in [3.8, 4) is 11.8 Å². The van der Waals surface area contributed by atoms with Crippen LogP contribution in [0.2, 0.25) is 0 Å². The van der Waals surface area contributed by atoms with E-state index in [9.17, 15) is 5.11 Å². The normalized spacial score (nSPS) is 22.4. The summed E-state index contributed by atoms with van der Waals surface area (Å²) in [5.74, 6) is 6.63. The van der Waals surface area contributed by atoms with Gasteiger partial charge in [0.15, 0.2) is 0 Å². The van der Waals surface area contributed by atoms with Gasteiger partial charge in [0, 0.05) is 11.1 Å². The number of hydrogen-bond donors (Lipinski definition) is 2. The summed E-state index contributed by atoms with van der Waals surface area (Å²) in [6.45, 7) is 1.07. The lowest BCUT2D eigenvalue weighted by Crippen LogP contribution is -2.40. The smallest absolute Gasteiger partial charge is 0.108 e. The van der Waals surface area contributed by atoms with Gasteiger partial charge in [-0.15, -0.1) is 0 Å². The molecule has 0 bridgehead atoms. The largest absolute Gasteiger partial charge is 0.394 e. The molecule has 0 aliphatic heterocycles. The molecule has 3 rings (SSSR count). The van der Waals surface area contributed by atoms with Gasteiger partial charge in [0.05, 0.1) is 13.2 Å². The van der Waals surface area contributed by atoms with Crippen molar-refractivity contribution in [3.63, 3.8) is 0 Å². The minimum Gasteiger partial charge on any atom is -0.394 e. The molecule has 0 radical (unpaired) electrons. The Morgan fingerprint density at radius 1 is 1.12 bits per heavy atom. The molecule has 1 fully saturated rings. The highest BCUT2D eigenvalue weighted by atomic mass is 16.5. The van der Waals surface area contributed by atoms with Gasteiger partial charge in [0.2, 0.25) is 0 Å². The van der Waals surface area contributed by atoms with Crippen LogP contribution in [0.15, 0.2) is 54.6 Å². The quantitative estimate of drug-likeness (QED) is 0.652. The van der Waals surface area contributed by atoms with Gasteiger partial charge in [0.25, 0.3) is 0 Å². The lowest BCUT2D eigenvalue weighted by molar-refractivity contribution is 0.153. The van der Waals surface area contributed by atoms with Crippen molar-refractivity contribution in [1.82, 2.24) is 0 Å². The Kier molecular flexibility index (Phi) is 5.88. The van der Waals surface area contributed by atoms with Crippen LogP contribution in [0.1, 0.15) is 41.9 Å². The van der Waals surface area contributed by atoms with Crippen molar-refractivity contribution in [2.24, 2.45) is 5.73 Å². The van der Waals surface area contributed by atoms with Crippen LogP contribution in [-0.4, -0.2) is 23.9 Å². The predicted octanol–water partition coefficient (Wildman–Crippen LogP) is 3.21. The Balaban J connectivity index is 1.48. The number of rotatable bonds is 5. The second-order valence-electron chi connectivity index (χ2n) is 6.86. The molecule has 0 saturated heterocycles. The van der Waals surface area contributed by atoms with E-state index in [1.165, 1.54) is 5.56 Å². The first-order chi connectivity index (χ1) is 12.2. The van der Waals surface area contributed by atoms with Crippen molar-refractivity contribution >= 4 is 0 Å². The van der Waals surface area contributed by atoms with Gasteiger partial charge in [-0.05, 0) is 48.4 Å². The van der Waals surface area contributed by atoms with E-state index in [-0.39, 0.29) is 6.61 Å². The summed E-state index contributed by atoms with van der Waals surface area (Å²) < 4.78 is 5.57. The fourth-order valence-corrected chi connectivity index (χ4v) is 3.36. The zero-order valence-corrected chi connectivity index (χ0v) is 14.4. The molecule has 1 aliphatic carbocycles. The lowest BCUT2D eigenvalue weighted by Gasteiger charge is -2.20. The highest BCUT2D eigenvalue weighted by Crippen LogP contribution is 2.39. The molecule has 2 aromatic carbocycles. The third-order valence-electron chi connectivity index (χ3n) is 4.86. The molecule has 3 heteroatoms. The van der Waals surface area contributed by atoms with Gasteiger partial charge < -0.3 is 15.6 Å². The second-order valence-corrected chi connectivity index (χ2v) is 6.86. The third kappa shape index (κ3) is 4.93. The number of hydrogen-bond acceptors (Lipinski definition) is 3. The monoisotopic (exact) mass is 335 g/mol. The Morgan fingerprint density at radius 3 is 2.56 bits per heavy atom. The molecular weight excluding hydrogens is 310 g/mol. The summed E-state index contributed by atoms with van der Waals surface area (Å²) in [4.78, 5) is 0. The van der Waals surface area contributed by atoms with Gasteiger partial charge in [-0.25, -0.2) is 0 Å². The first-order valence-electron chi connectivity index (χ1n) is 8.79. The topological polar surface area (TPSA) is 55.5 Å². The van der Waals surface area contributed by atoms with Crippen LogP contribution >= 0.6 is 0 Å². The molecule has 0 spiro atoms. The van der Waals surface area contributed by atoms with E-state index in [0.717, 1.165) is 30.4 Å². The predicted molar refractivity (Wildman–Crippen MR) is 100 cm³/mol. The highest BCUT2D eigenvalue weighted by Gasteiger charge is 2.35. The van der Waals surface area contributed by atoms with E-state index in [4.69, 9.17) is 10.5 Å². The van der Waals surface area contributed by atoms with Crippen LogP contribution in [0.3, 0.4) is 0 Å². The van der Waals surface area contributed by atoms with Crippen molar-refractivity contribution in [2.45, 2.75) is 37.3 Å². The van der Waals surface area contributed by atoms with Crippen molar-refractivity contribution in [1.29, 1.82) is 0 Å². The number of ether oxygens (including phenoxy) is 1. The Morgan fingerprint density at radius 2 is 1.88 bits per heavy atom. The summed E-state index contributed by atoms with van der Waals surface area (Å²) in [7, 11) is 0. The maximum Gasteiger partial charge on any atom is 0.108 e. The Labute approximate surface area is 149 Å². The zero-order valence-electron chi connectivity index (χ0n) is 14.4. The van der Waals surface area contributed by atoms with Gasteiger partial charge in [0.1, 0.15) is 6.61 Å². The summed E-state index contributed by atoms with van der Waals surface area (Å²) in [6.07, 6.45) is 2.77. The molecular formula is C22H25NO2. The molecule has 25 heavy (non-hydrogen) atoms. The second kappa shape index (κ2) is 8.31. The molecule has 3 N–H and O–H groups in total. The minimum absolute atomic E-state index is 0.0655. The fraction of sp³-hybridized carbons (Fsp3) is 0.364. The standard InChI is InChI=1S/C22H25NO2/c23-22(17-24)13-12-21(15-22)20-10-8-18(9-11-20)7-4-14-25-16-19-5-2-1-3-6-19/h1-3,5-6,8-11,21,24H,12-17,23H2/t21-,22-/m1/s1. The van der Waals surface area contributed by atoms with Crippen molar-refractivity contribution in [3.05, 3.63) is 71.3 Å². The van der Waals surface area contributed by atoms with E-state index in [1.807, 2.05) is 30.3 Å². The molecule has 1 saturated carbocycles. The molecule has 0 heterocycles. The van der Waals surface area contributed by atoms with E-state index >= 15 is 0 Å².